The molecule has 0 atom stereocenters. The third-order valence-electron chi connectivity index (χ3n) is 2.07. The van der Waals surface area contributed by atoms with Crippen molar-refractivity contribution in [2.24, 2.45) is 5.73 Å². The third kappa shape index (κ3) is 1.55. The summed E-state index contributed by atoms with van der Waals surface area (Å²) in [5.41, 5.74) is 5.95. The molecule has 13 heavy (non-hydrogen) atoms. The van der Waals surface area contributed by atoms with Crippen LogP contribution in [0.3, 0.4) is 0 Å². The largest absolute Gasteiger partial charge is 0.317 e. The highest BCUT2D eigenvalue weighted by atomic mass is 32.1. The van der Waals surface area contributed by atoms with Crippen molar-refractivity contribution in [1.82, 2.24) is 0 Å². The van der Waals surface area contributed by atoms with E-state index in [4.69, 9.17) is 5.73 Å². The Bertz CT molecular complexity index is 323. The van der Waals surface area contributed by atoms with Gasteiger partial charge >= 0.3 is 0 Å². The first-order valence-electron chi connectivity index (χ1n) is 4.08. The Labute approximate surface area is 85.8 Å². The second kappa shape index (κ2) is 3.25. The van der Waals surface area contributed by atoms with Gasteiger partial charge in [-0.25, -0.2) is 0 Å². The Morgan fingerprint density at radius 2 is 1.54 bits per heavy atom. The normalized spacial score (nSPS) is 11.8. The van der Waals surface area contributed by atoms with Crippen molar-refractivity contribution in [3.63, 3.8) is 0 Å². The van der Waals surface area contributed by atoms with Gasteiger partial charge in [-0.05, 0) is 29.8 Å². The standard InChI is InChI=1S/C10H11NS2/c1-10(11,8-4-2-6-12-8)9-5-3-7-13-9/h2-7H,11H2,1H3. The minimum atomic E-state index is -0.317. The number of rotatable bonds is 2. The third-order valence-corrected chi connectivity index (χ3v) is 4.28. The highest BCUT2D eigenvalue weighted by Crippen LogP contribution is 2.32. The van der Waals surface area contributed by atoms with Crippen molar-refractivity contribution in [3.8, 4) is 0 Å². The van der Waals surface area contributed by atoms with Gasteiger partial charge in [0, 0.05) is 9.75 Å². The van der Waals surface area contributed by atoms with E-state index >= 15 is 0 Å². The van der Waals surface area contributed by atoms with Crippen LogP contribution in [-0.4, -0.2) is 0 Å². The molecular weight excluding hydrogens is 198 g/mol. The number of thiophene rings is 2. The van der Waals surface area contributed by atoms with Crippen LogP contribution in [0.15, 0.2) is 35.0 Å². The van der Waals surface area contributed by atoms with Gasteiger partial charge in [0.25, 0.3) is 0 Å². The maximum absolute atomic E-state index is 6.27. The highest BCUT2D eigenvalue weighted by Gasteiger charge is 2.25. The van der Waals surface area contributed by atoms with Crippen molar-refractivity contribution in [3.05, 3.63) is 44.8 Å². The van der Waals surface area contributed by atoms with E-state index in [0.717, 1.165) is 0 Å². The van der Waals surface area contributed by atoms with Gasteiger partial charge in [-0.15, -0.1) is 22.7 Å². The molecular formula is C10H11NS2. The molecule has 0 aliphatic heterocycles. The maximum atomic E-state index is 6.27. The van der Waals surface area contributed by atoms with E-state index in [1.165, 1.54) is 9.75 Å². The average molecular weight is 209 g/mol. The molecule has 1 nitrogen and oxygen atoms in total. The number of hydrogen-bond donors (Lipinski definition) is 1. The molecule has 0 amide bonds. The second-order valence-corrected chi connectivity index (χ2v) is 5.05. The summed E-state index contributed by atoms with van der Waals surface area (Å²) >= 11 is 3.42. The molecule has 2 N–H and O–H groups in total. The predicted octanol–water partition coefficient (Wildman–Crippen LogP) is 3.03. The van der Waals surface area contributed by atoms with Gasteiger partial charge in [-0.1, -0.05) is 12.1 Å². The molecule has 0 aliphatic carbocycles. The van der Waals surface area contributed by atoms with Gasteiger partial charge in [0.2, 0.25) is 0 Å². The number of nitrogens with two attached hydrogens (primary N) is 1. The Morgan fingerprint density at radius 3 is 1.85 bits per heavy atom. The van der Waals surface area contributed by atoms with Crippen molar-refractivity contribution >= 4 is 22.7 Å². The molecule has 0 saturated carbocycles. The quantitative estimate of drug-likeness (QED) is 0.808. The lowest BCUT2D eigenvalue weighted by Gasteiger charge is -2.21. The Hall–Kier alpha value is -0.640. The molecule has 0 bridgehead atoms. The minimum Gasteiger partial charge on any atom is -0.317 e. The van der Waals surface area contributed by atoms with E-state index in [9.17, 15) is 0 Å². The van der Waals surface area contributed by atoms with Gasteiger partial charge in [0.15, 0.2) is 0 Å². The minimum absolute atomic E-state index is 0.317. The lowest BCUT2D eigenvalue weighted by molar-refractivity contribution is 0.631. The zero-order valence-electron chi connectivity index (χ0n) is 7.36. The van der Waals surface area contributed by atoms with Crippen LogP contribution in [0.25, 0.3) is 0 Å². The maximum Gasteiger partial charge on any atom is 0.0823 e. The van der Waals surface area contributed by atoms with Crippen molar-refractivity contribution in [1.29, 1.82) is 0 Å². The smallest absolute Gasteiger partial charge is 0.0823 e. The van der Waals surface area contributed by atoms with Gasteiger partial charge in [-0.3, -0.25) is 0 Å². The molecule has 3 heteroatoms. The monoisotopic (exact) mass is 209 g/mol. The van der Waals surface area contributed by atoms with Crippen LogP contribution in [0.1, 0.15) is 16.7 Å². The second-order valence-electron chi connectivity index (χ2n) is 3.16. The summed E-state index contributed by atoms with van der Waals surface area (Å²) < 4.78 is 0. The van der Waals surface area contributed by atoms with Crippen LogP contribution in [-0.2, 0) is 5.54 Å². The average Bonchev–Trinajstić information content (AvgIpc) is 2.78. The van der Waals surface area contributed by atoms with Gasteiger partial charge < -0.3 is 5.73 Å². The molecule has 68 valence electrons. The SMILES string of the molecule is CC(N)(c1cccs1)c1cccs1. The van der Waals surface area contributed by atoms with Crippen molar-refractivity contribution < 1.29 is 0 Å². The lowest BCUT2D eigenvalue weighted by atomic mass is 10.00. The van der Waals surface area contributed by atoms with E-state index < -0.39 is 0 Å². The molecule has 0 saturated heterocycles. The van der Waals surface area contributed by atoms with E-state index in [0.29, 0.717) is 0 Å². The fraction of sp³-hybridized carbons (Fsp3) is 0.200. The van der Waals surface area contributed by atoms with E-state index in [1.807, 2.05) is 12.1 Å². The summed E-state index contributed by atoms with van der Waals surface area (Å²) in [6.07, 6.45) is 0. The summed E-state index contributed by atoms with van der Waals surface area (Å²) in [5.74, 6) is 0. The zero-order valence-corrected chi connectivity index (χ0v) is 8.99. The van der Waals surface area contributed by atoms with E-state index in [-0.39, 0.29) is 5.54 Å². The van der Waals surface area contributed by atoms with Crippen LogP contribution in [0.4, 0.5) is 0 Å². The first-order valence-corrected chi connectivity index (χ1v) is 5.84. The molecule has 0 radical (unpaired) electrons. The van der Waals surface area contributed by atoms with E-state index in [1.54, 1.807) is 22.7 Å². The first kappa shape index (κ1) is 8.94. The Morgan fingerprint density at radius 1 is 1.08 bits per heavy atom. The fourth-order valence-corrected chi connectivity index (χ4v) is 2.97. The Kier molecular flexibility index (Phi) is 2.24. The lowest BCUT2D eigenvalue weighted by Crippen LogP contribution is -2.32. The van der Waals surface area contributed by atoms with Crippen LogP contribution in [0.5, 0.6) is 0 Å². The van der Waals surface area contributed by atoms with Crippen molar-refractivity contribution in [2.45, 2.75) is 12.5 Å². The zero-order chi connectivity index (χ0) is 9.31. The molecule has 2 aromatic rings. The van der Waals surface area contributed by atoms with Gasteiger partial charge in [0.1, 0.15) is 0 Å². The van der Waals surface area contributed by atoms with Crippen molar-refractivity contribution in [2.75, 3.05) is 0 Å². The fourth-order valence-electron chi connectivity index (χ4n) is 1.27. The van der Waals surface area contributed by atoms with Crippen LogP contribution < -0.4 is 5.73 Å². The first-order chi connectivity index (χ1) is 6.21. The summed E-state index contributed by atoms with van der Waals surface area (Å²) in [7, 11) is 0. The highest BCUT2D eigenvalue weighted by molar-refractivity contribution is 7.11. The molecule has 0 aromatic carbocycles. The molecule has 0 aliphatic rings. The van der Waals surface area contributed by atoms with Crippen LogP contribution >= 0.6 is 22.7 Å². The number of hydrogen-bond acceptors (Lipinski definition) is 3. The Balaban J connectivity index is 2.42. The molecule has 0 spiro atoms. The molecule has 2 heterocycles. The summed E-state index contributed by atoms with van der Waals surface area (Å²) in [5, 5.41) is 4.13. The van der Waals surface area contributed by atoms with E-state index in [2.05, 4.69) is 29.8 Å². The molecule has 0 unspecified atom stereocenters. The molecule has 2 rings (SSSR count). The topological polar surface area (TPSA) is 26.0 Å². The summed E-state index contributed by atoms with van der Waals surface area (Å²) in [6.45, 7) is 2.06. The molecule has 0 fully saturated rings. The van der Waals surface area contributed by atoms with Crippen LogP contribution in [0.2, 0.25) is 0 Å². The van der Waals surface area contributed by atoms with Gasteiger partial charge in [-0.2, -0.15) is 0 Å². The molecule has 2 aromatic heterocycles. The van der Waals surface area contributed by atoms with Crippen LogP contribution in [0, 0.1) is 0 Å². The summed E-state index contributed by atoms with van der Waals surface area (Å²) in [6, 6.07) is 8.26. The van der Waals surface area contributed by atoms with Gasteiger partial charge in [0.05, 0.1) is 5.54 Å². The predicted molar refractivity (Wildman–Crippen MR) is 59.3 cm³/mol. The summed E-state index contributed by atoms with van der Waals surface area (Å²) in [4.78, 5) is 2.44.